The summed E-state index contributed by atoms with van der Waals surface area (Å²) >= 11 is 0. The fourth-order valence-electron chi connectivity index (χ4n) is 1.68. The minimum absolute atomic E-state index is 0.326. The normalized spacial score (nSPS) is 10.1. The van der Waals surface area contributed by atoms with Crippen LogP contribution < -0.4 is 9.47 Å². The fourth-order valence-corrected chi connectivity index (χ4v) is 1.68. The van der Waals surface area contributed by atoms with Crippen molar-refractivity contribution in [3.63, 3.8) is 0 Å². The summed E-state index contributed by atoms with van der Waals surface area (Å²) in [7, 11) is 0. The molecule has 0 aromatic heterocycles. The Hall–Kier alpha value is -2.29. The van der Waals surface area contributed by atoms with Gasteiger partial charge in [0.15, 0.2) is 0 Å². The van der Waals surface area contributed by atoms with Crippen LogP contribution in [0.4, 0.5) is 0 Å². The van der Waals surface area contributed by atoms with Gasteiger partial charge in [0.2, 0.25) is 0 Å². The van der Waals surface area contributed by atoms with Gasteiger partial charge < -0.3 is 9.47 Å². The first-order chi connectivity index (χ1) is 8.69. The van der Waals surface area contributed by atoms with Crippen molar-refractivity contribution in [3.05, 3.63) is 49.1 Å². The number of ether oxygens (including phenoxy) is 2. The third kappa shape index (κ3) is 2.88. The summed E-state index contributed by atoms with van der Waals surface area (Å²) in [5.41, 5.74) is 0. The molecule has 0 atom stereocenters. The highest BCUT2D eigenvalue weighted by Crippen LogP contribution is 2.25. The molecule has 2 aromatic rings. The summed E-state index contributed by atoms with van der Waals surface area (Å²) in [4.78, 5) is 10.9. The van der Waals surface area contributed by atoms with Crippen LogP contribution in [0.25, 0.3) is 10.8 Å². The average molecular weight is 242 g/mol. The van der Waals surface area contributed by atoms with E-state index in [4.69, 9.17) is 9.47 Å². The van der Waals surface area contributed by atoms with Crippen LogP contribution in [0.5, 0.6) is 11.5 Å². The van der Waals surface area contributed by atoms with Crippen molar-refractivity contribution in [1.82, 2.24) is 0 Å². The van der Waals surface area contributed by atoms with E-state index in [0.717, 1.165) is 16.5 Å². The maximum Gasteiger partial charge on any atom is 0.308 e. The second-order valence-corrected chi connectivity index (χ2v) is 3.86. The molecule has 3 nitrogen and oxygen atoms in total. The second kappa shape index (κ2) is 5.36. The van der Waals surface area contributed by atoms with Crippen LogP contribution in [0, 0.1) is 0 Å². The van der Waals surface area contributed by atoms with Crippen LogP contribution in [-0.2, 0) is 4.79 Å². The molecule has 3 heteroatoms. The Bertz CT molecular complexity index is 587. The van der Waals surface area contributed by atoms with Gasteiger partial charge in [-0.25, -0.2) is 0 Å². The molecule has 0 amide bonds. The smallest absolute Gasteiger partial charge is 0.308 e. The van der Waals surface area contributed by atoms with Crippen LogP contribution in [0.2, 0.25) is 0 Å². The molecule has 0 heterocycles. The van der Waals surface area contributed by atoms with E-state index < -0.39 is 0 Å². The SMILES string of the molecule is C=CCOc1ccc2ccc(OC(C)=O)cc2c1. The van der Waals surface area contributed by atoms with Crippen molar-refractivity contribution in [2.45, 2.75) is 6.92 Å². The maximum atomic E-state index is 10.9. The van der Waals surface area contributed by atoms with Crippen LogP contribution in [0.3, 0.4) is 0 Å². The van der Waals surface area contributed by atoms with Crippen LogP contribution >= 0.6 is 0 Å². The molecule has 0 aliphatic carbocycles. The molecule has 2 aromatic carbocycles. The van der Waals surface area contributed by atoms with E-state index in [9.17, 15) is 4.79 Å². The minimum Gasteiger partial charge on any atom is -0.490 e. The van der Waals surface area contributed by atoms with E-state index in [0.29, 0.717) is 12.4 Å². The molecular weight excluding hydrogens is 228 g/mol. The Morgan fingerprint density at radius 3 is 2.50 bits per heavy atom. The number of carbonyl (C=O) groups excluding carboxylic acids is 1. The largest absolute Gasteiger partial charge is 0.490 e. The monoisotopic (exact) mass is 242 g/mol. The topological polar surface area (TPSA) is 35.5 Å². The Morgan fingerprint density at radius 2 is 1.83 bits per heavy atom. The summed E-state index contributed by atoms with van der Waals surface area (Å²) in [6.45, 7) is 5.45. The lowest BCUT2D eigenvalue weighted by Gasteiger charge is -2.06. The first-order valence-electron chi connectivity index (χ1n) is 5.65. The maximum absolute atomic E-state index is 10.9. The van der Waals surface area contributed by atoms with Gasteiger partial charge in [-0.1, -0.05) is 24.8 Å². The molecule has 0 saturated carbocycles. The van der Waals surface area contributed by atoms with Gasteiger partial charge in [-0.2, -0.15) is 0 Å². The summed E-state index contributed by atoms with van der Waals surface area (Å²) in [6, 6.07) is 11.3. The predicted molar refractivity (Wildman–Crippen MR) is 70.9 cm³/mol. The molecule has 0 saturated heterocycles. The van der Waals surface area contributed by atoms with Gasteiger partial charge in [0.25, 0.3) is 0 Å². The van der Waals surface area contributed by atoms with Gasteiger partial charge in [-0.3, -0.25) is 4.79 Å². The van der Waals surface area contributed by atoms with Gasteiger partial charge in [-0.15, -0.1) is 0 Å². The minimum atomic E-state index is -0.326. The molecule has 2 rings (SSSR count). The number of rotatable bonds is 4. The van der Waals surface area contributed by atoms with Gasteiger partial charge >= 0.3 is 5.97 Å². The van der Waals surface area contributed by atoms with Crippen molar-refractivity contribution in [3.8, 4) is 11.5 Å². The molecule has 0 radical (unpaired) electrons. The third-order valence-corrected chi connectivity index (χ3v) is 2.41. The van der Waals surface area contributed by atoms with Gasteiger partial charge in [0, 0.05) is 6.92 Å². The lowest BCUT2D eigenvalue weighted by atomic mass is 10.1. The highest BCUT2D eigenvalue weighted by atomic mass is 16.5. The highest BCUT2D eigenvalue weighted by molar-refractivity contribution is 5.86. The van der Waals surface area contributed by atoms with E-state index in [1.807, 2.05) is 30.3 Å². The Kier molecular flexibility index (Phi) is 3.63. The first-order valence-corrected chi connectivity index (χ1v) is 5.65. The quantitative estimate of drug-likeness (QED) is 0.468. The van der Waals surface area contributed by atoms with E-state index in [-0.39, 0.29) is 5.97 Å². The van der Waals surface area contributed by atoms with E-state index >= 15 is 0 Å². The zero-order valence-corrected chi connectivity index (χ0v) is 10.2. The summed E-state index contributed by atoms with van der Waals surface area (Å²) < 4.78 is 10.5. The fraction of sp³-hybridized carbons (Fsp3) is 0.133. The third-order valence-electron chi connectivity index (χ3n) is 2.41. The van der Waals surface area contributed by atoms with Crippen molar-refractivity contribution in [1.29, 1.82) is 0 Å². The molecule has 0 aliphatic heterocycles. The number of benzene rings is 2. The second-order valence-electron chi connectivity index (χ2n) is 3.86. The van der Waals surface area contributed by atoms with Crippen LogP contribution in [-0.4, -0.2) is 12.6 Å². The lowest BCUT2D eigenvalue weighted by Crippen LogP contribution is -2.00. The first kappa shape index (κ1) is 12.2. The zero-order valence-electron chi connectivity index (χ0n) is 10.2. The molecule has 18 heavy (non-hydrogen) atoms. The number of hydrogen-bond donors (Lipinski definition) is 0. The van der Waals surface area contributed by atoms with Gasteiger partial charge in [0.1, 0.15) is 18.1 Å². The Balaban J connectivity index is 2.33. The van der Waals surface area contributed by atoms with E-state index in [1.54, 1.807) is 12.1 Å². The molecule has 0 unspecified atom stereocenters. The molecule has 0 bridgehead atoms. The molecule has 0 N–H and O–H groups in total. The standard InChI is InChI=1S/C15H14O3/c1-3-8-17-14-6-4-12-5-7-15(18-11(2)16)10-13(12)9-14/h3-7,9-10H,1,8H2,2H3. The van der Waals surface area contributed by atoms with Crippen LogP contribution in [0.1, 0.15) is 6.92 Å². The number of carbonyl (C=O) groups is 1. The molecular formula is C15H14O3. The Morgan fingerprint density at radius 1 is 1.17 bits per heavy atom. The summed E-state index contributed by atoms with van der Waals surface area (Å²) in [6.07, 6.45) is 1.69. The van der Waals surface area contributed by atoms with Crippen molar-refractivity contribution < 1.29 is 14.3 Å². The number of fused-ring (bicyclic) bond motifs is 1. The van der Waals surface area contributed by atoms with Crippen molar-refractivity contribution >= 4 is 16.7 Å². The average Bonchev–Trinajstić information content (AvgIpc) is 2.35. The van der Waals surface area contributed by atoms with E-state index in [1.165, 1.54) is 6.92 Å². The highest BCUT2D eigenvalue weighted by Gasteiger charge is 2.01. The van der Waals surface area contributed by atoms with Gasteiger partial charge in [-0.05, 0) is 35.0 Å². The lowest BCUT2D eigenvalue weighted by molar-refractivity contribution is -0.131. The molecule has 0 aliphatic rings. The number of hydrogen-bond acceptors (Lipinski definition) is 3. The van der Waals surface area contributed by atoms with Crippen molar-refractivity contribution in [2.75, 3.05) is 6.61 Å². The van der Waals surface area contributed by atoms with Crippen LogP contribution in [0.15, 0.2) is 49.1 Å². The molecule has 0 fully saturated rings. The Labute approximate surface area is 106 Å². The summed E-state index contributed by atoms with van der Waals surface area (Å²) in [5, 5.41) is 2.03. The summed E-state index contributed by atoms with van der Waals surface area (Å²) in [5.74, 6) is 0.978. The molecule has 0 spiro atoms. The van der Waals surface area contributed by atoms with E-state index in [2.05, 4.69) is 6.58 Å². The molecule has 92 valence electrons. The zero-order chi connectivity index (χ0) is 13.0. The number of esters is 1. The van der Waals surface area contributed by atoms with Gasteiger partial charge in [0.05, 0.1) is 0 Å². The van der Waals surface area contributed by atoms with Crippen molar-refractivity contribution in [2.24, 2.45) is 0 Å². The predicted octanol–water partition coefficient (Wildman–Crippen LogP) is 3.33.